The number of rotatable bonds is 4. The van der Waals surface area contributed by atoms with E-state index >= 15 is 0 Å². The Morgan fingerprint density at radius 2 is 2.29 bits per heavy atom. The van der Waals surface area contributed by atoms with Gasteiger partial charge in [-0.1, -0.05) is 33.2 Å². The molecule has 2 aromatic rings. The van der Waals surface area contributed by atoms with Crippen molar-refractivity contribution in [3.63, 3.8) is 0 Å². The minimum absolute atomic E-state index is 0.0822. The van der Waals surface area contributed by atoms with Crippen LogP contribution in [-0.4, -0.2) is 17.2 Å². The van der Waals surface area contributed by atoms with Gasteiger partial charge in [0.1, 0.15) is 0 Å². The van der Waals surface area contributed by atoms with E-state index in [0.29, 0.717) is 18.1 Å². The highest BCUT2D eigenvalue weighted by molar-refractivity contribution is 9.10. The lowest BCUT2D eigenvalue weighted by Crippen LogP contribution is -2.12. The molecule has 1 unspecified atom stereocenters. The highest BCUT2D eigenvalue weighted by Gasteiger charge is 2.12. The van der Waals surface area contributed by atoms with E-state index in [4.69, 9.17) is 4.52 Å². The van der Waals surface area contributed by atoms with Crippen LogP contribution >= 0.6 is 15.9 Å². The van der Waals surface area contributed by atoms with Gasteiger partial charge in [0.15, 0.2) is 5.82 Å². The topological polar surface area (TPSA) is 51.0 Å². The summed E-state index contributed by atoms with van der Waals surface area (Å²) < 4.78 is 6.24. The Hall–Kier alpha value is -1.20. The van der Waals surface area contributed by atoms with E-state index in [1.54, 1.807) is 0 Å². The van der Waals surface area contributed by atoms with Crippen LogP contribution in [0.5, 0.6) is 0 Å². The lowest BCUT2D eigenvalue weighted by molar-refractivity contribution is 0.344. The minimum atomic E-state index is 0.0822. The van der Waals surface area contributed by atoms with Gasteiger partial charge in [0.05, 0.1) is 6.04 Å². The van der Waals surface area contributed by atoms with Crippen LogP contribution in [0.25, 0.3) is 0 Å². The normalized spacial score (nSPS) is 12.6. The lowest BCUT2D eigenvalue weighted by atomic mass is 10.1. The molecule has 0 radical (unpaired) electrons. The first-order valence-electron chi connectivity index (χ1n) is 5.43. The zero-order valence-corrected chi connectivity index (χ0v) is 11.4. The molecule has 2 rings (SSSR count). The fraction of sp³-hybridized carbons (Fsp3) is 0.333. The average molecular weight is 296 g/mol. The minimum Gasteiger partial charge on any atom is -0.338 e. The standard InChI is InChI=1S/C12H14BrN3O/c1-8(14-2)12-15-11(16-17-12)7-9-4-3-5-10(13)6-9/h3-6,8,14H,7H2,1-2H3. The summed E-state index contributed by atoms with van der Waals surface area (Å²) in [5.74, 6) is 1.33. The SMILES string of the molecule is CNC(C)c1nc(Cc2cccc(Br)c2)no1. The summed E-state index contributed by atoms with van der Waals surface area (Å²) in [5.41, 5.74) is 1.16. The predicted octanol–water partition coefficient (Wildman–Crippen LogP) is 2.70. The molecule has 1 N–H and O–H groups in total. The highest BCUT2D eigenvalue weighted by Crippen LogP contribution is 2.15. The van der Waals surface area contributed by atoms with Crippen LogP contribution in [0.15, 0.2) is 33.3 Å². The van der Waals surface area contributed by atoms with Gasteiger partial charge in [0.25, 0.3) is 0 Å². The van der Waals surface area contributed by atoms with Crippen molar-refractivity contribution in [2.75, 3.05) is 7.05 Å². The summed E-state index contributed by atoms with van der Waals surface area (Å²) >= 11 is 3.44. The van der Waals surface area contributed by atoms with Crippen molar-refractivity contribution >= 4 is 15.9 Å². The zero-order valence-electron chi connectivity index (χ0n) is 9.77. The van der Waals surface area contributed by atoms with Gasteiger partial charge >= 0.3 is 0 Å². The first-order chi connectivity index (χ1) is 8.19. The summed E-state index contributed by atoms with van der Waals surface area (Å²) in [6.07, 6.45) is 0.680. The molecule has 17 heavy (non-hydrogen) atoms. The molecule has 0 amide bonds. The Labute approximate surface area is 109 Å². The second-order valence-electron chi connectivity index (χ2n) is 3.87. The summed E-state index contributed by atoms with van der Waals surface area (Å²) in [5, 5.41) is 7.03. The van der Waals surface area contributed by atoms with Crippen LogP contribution in [0.4, 0.5) is 0 Å². The van der Waals surface area contributed by atoms with Gasteiger partial charge < -0.3 is 9.84 Å². The molecule has 0 spiro atoms. The highest BCUT2D eigenvalue weighted by atomic mass is 79.9. The van der Waals surface area contributed by atoms with Crippen LogP contribution in [-0.2, 0) is 6.42 Å². The molecule has 5 heteroatoms. The Morgan fingerprint density at radius 3 is 3.00 bits per heavy atom. The van der Waals surface area contributed by atoms with Crippen LogP contribution in [0.2, 0.25) is 0 Å². The van der Waals surface area contributed by atoms with E-state index < -0.39 is 0 Å². The molecular weight excluding hydrogens is 282 g/mol. The maximum absolute atomic E-state index is 5.18. The third kappa shape index (κ3) is 3.14. The van der Waals surface area contributed by atoms with Crippen molar-refractivity contribution in [1.29, 1.82) is 0 Å². The van der Waals surface area contributed by atoms with Crippen molar-refractivity contribution in [1.82, 2.24) is 15.5 Å². The number of nitrogens with zero attached hydrogens (tertiary/aromatic N) is 2. The van der Waals surface area contributed by atoms with Crippen LogP contribution < -0.4 is 5.32 Å². The number of hydrogen-bond acceptors (Lipinski definition) is 4. The van der Waals surface area contributed by atoms with Crippen LogP contribution in [0.3, 0.4) is 0 Å². The second-order valence-corrected chi connectivity index (χ2v) is 4.78. The van der Waals surface area contributed by atoms with Gasteiger partial charge in [-0.3, -0.25) is 0 Å². The number of nitrogens with one attached hydrogen (secondary N) is 1. The fourth-order valence-electron chi connectivity index (χ4n) is 1.47. The number of hydrogen-bond donors (Lipinski definition) is 1. The molecule has 1 atom stereocenters. The monoisotopic (exact) mass is 295 g/mol. The Bertz CT molecular complexity index is 498. The zero-order chi connectivity index (χ0) is 12.3. The van der Waals surface area contributed by atoms with E-state index in [0.717, 1.165) is 10.0 Å². The van der Waals surface area contributed by atoms with E-state index in [1.807, 2.05) is 32.2 Å². The van der Waals surface area contributed by atoms with Gasteiger partial charge in [0.2, 0.25) is 5.89 Å². The molecule has 1 heterocycles. The van der Waals surface area contributed by atoms with E-state index in [9.17, 15) is 0 Å². The third-order valence-electron chi connectivity index (χ3n) is 2.54. The molecule has 90 valence electrons. The molecule has 4 nitrogen and oxygen atoms in total. The van der Waals surface area contributed by atoms with Crippen LogP contribution in [0, 0.1) is 0 Å². The molecule has 0 aliphatic heterocycles. The summed E-state index contributed by atoms with van der Waals surface area (Å²) in [6, 6.07) is 8.17. The van der Waals surface area contributed by atoms with E-state index in [2.05, 4.69) is 37.5 Å². The first kappa shape index (κ1) is 12.3. The summed E-state index contributed by atoms with van der Waals surface area (Å²) in [7, 11) is 1.86. The smallest absolute Gasteiger partial charge is 0.243 e. The summed E-state index contributed by atoms with van der Waals surface area (Å²) in [4.78, 5) is 4.35. The van der Waals surface area contributed by atoms with Crippen molar-refractivity contribution < 1.29 is 4.52 Å². The fourth-order valence-corrected chi connectivity index (χ4v) is 1.91. The molecule has 0 saturated heterocycles. The van der Waals surface area contributed by atoms with E-state index in [1.165, 1.54) is 0 Å². The molecular formula is C12H14BrN3O. The van der Waals surface area contributed by atoms with Crippen LogP contribution in [0.1, 0.15) is 30.2 Å². The van der Waals surface area contributed by atoms with Crippen molar-refractivity contribution in [2.24, 2.45) is 0 Å². The van der Waals surface area contributed by atoms with Gasteiger partial charge in [0, 0.05) is 10.9 Å². The van der Waals surface area contributed by atoms with Crippen molar-refractivity contribution in [2.45, 2.75) is 19.4 Å². The molecule has 0 bridgehead atoms. The molecule has 0 aliphatic rings. The van der Waals surface area contributed by atoms with Gasteiger partial charge in [-0.05, 0) is 31.7 Å². The first-order valence-corrected chi connectivity index (χ1v) is 6.22. The molecule has 1 aromatic carbocycles. The second kappa shape index (κ2) is 5.42. The number of halogens is 1. The third-order valence-corrected chi connectivity index (χ3v) is 3.03. The Kier molecular flexibility index (Phi) is 3.91. The maximum Gasteiger partial charge on any atom is 0.243 e. The van der Waals surface area contributed by atoms with Gasteiger partial charge in [-0.2, -0.15) is 4.98 Å². The van der Waals surface area contributed by atoms with Gasteiger partial charge in [-0.25, -0.2) is 0 Å². The van der Waals surface area contributed by atoms with Crippen molar-refractivity contribution in [3.8, 4) is 0 Å². The largest absolute Gasteiger partial charge is 0.338 e. The Balaban J connectivity index is 2.11. The van der Waals surface area contributed by atoms with Crippen molar-refractivity contribution in [3.05, 3.63) is 46.0 Å². The maximum atomic E-state index is 5.18. The number of aromatic nitrogens is 2. The molecule has 0 fully saturated rings. The quantitative estimate of drug-likeness (QED) is 0.942. The molecule has 0 aliphatic carbocycles. The average Bonchev–Trinajstić information content (AvgIpc) is 2.76. The lowest BCUT2D eigenvalue weighted by Gasteiger charge is -2.01. The van der Waals surface area contributed by atoms with E-state index in [-0.39, 0.29) is 6.04 Å². The Morgan fingerprint density at radius 1 is 1.47 bits per heavy atom. The summed E-state index contributed by atoms with van der Waals surface area (Å²) in [6.45, 7) is 1.98. The predicted molar refractivity (Wildman–Crippen MR) is 68.7 cm³/mol. The molecule has 0 saturated carbocycles. The van der Waals surface area contributed by atoms with Gasteiger partial charge in [-0.15, -0.1) is 0 Å². The number of benzene rings is 1. The molecule has 1 aromatic heterocycles.